The van der Waals surface area contributed by atoms with Crippen LogP contribution in [-0.4, -0.2) is 43.0 Å². The van der Waals surface area contributed by atoms with Crippen LogP contribution in [0.4, 0.5) is 13.2 Å². The van der Waals surface area contributed by atoms with Gasteiger partial charge in [0.1, 0.15) is 0 Å². The van der Waals surface area contributed by atoms with Crippen molar-refractivity contribution >= 4 is 22.6 Å². The SMILES string of the molecule is CCN(CC)S(=O)(=O)c1ccc(B(O)O)c(C(F)(F)F)c1. The normalized spacial score (nSPS) is 12.8. The first kappa shape index (κ1) is 18.0. The molecule has 1 aromatic rings. The van der Waals surface area contributed by atoms with Gasteiger partial charge in [-0.05, 0) is 17.6 Å². The van der Waals surface area contributed by atoms with Crippen molar-refractivity contribution in [1.29, 1.82) is 0 Å². The topological polar surface area (TPSA) is 77.8 Å². The molecule has 0 aliphatic heterocycles. The third kappa shape index (κ3) is 3.76. The predicted molar refractivity (Wildman–Crippen MR) is 71.4 cm³/mol. The van der Waals surface area contributed by atoms with Crippen LogP contribution in [0, 0.1) is 0 Å². The van der Waals surface area contributed by atoms with Crippen molar-refractivity contribution in [1.82, 2.24) is 4.31 Å². The van der Waals surface area contributed by atoms with Crippen LogP contribution in [0.2, 0.25) is 0 Å². The zero-order valence-electron chi connectivity index (χ0n) is 11.4. The van der Waals surface area contributed by atoms with Gasteiger partial charge in [-0.3, -0.25) is 0 Å². The van der Waals surface area contributed by atoms with Gasteiger partial charge in [-0.1, -0.05) is 19.9 Å². The largest absolute Gasteiger partial charge is 0.489 e. The maximum Gasteiger partial charge on any atom is 0.489 e. The van der Waals surface area contributed by atoms with Gasteiger partial charge < -0.3 is 10.0 Å². The summed E-state index contributed by atoms with van der Waals surface area (Å²) in [5.74, 6) is 0. The molecular weight excluding hydrogens is 310 g/mol. The van der Waals surface area contributed by atoms with Crippen LogP contribution < -0.4 is 5.46 Å². The van der Waals surface area contributed by atoms with Gasteiger partial charge in [0.25, 0.3) is 0 Å². The summed E-state index contributed by atoms with van der Waals surface area (Å²) in [6, 6.07) is 2.10. The van der Waals surface area contributed by atoms with Crippen LogP contribution in [0.15, 0.2) is 23.1 Å². The molecule has 118 valence electrons. The van der Waals surface area contributed by atoms with E-state index in [1.807, 2.05) is 0 Å². The van der Waals surface area contributed by atoms with Crippen LogP contribution in [0.1, 0.15) is 19.4 Å². The maximum absolute atomic E-state index is 12.9. The lowest BCUT2D eigenvalue weighted by Crippen LogP contribution is -2.37. The Morgan fingerprint density at radius 2 is 1.71 bits per heavy atom. The van der Waals surface area contributed by atoms with E-state index in [9.17, 15) is 21.6 Å². The van der Waals surface area contributed by atoms with Gasteiger partial charge in [0.05, 0.1) is 10.5 Å². The average Bonchev–Trinajstić information content (AvgIpc) is 2.38. The Morgan fingerprint density at radius 3 is 2.10 bits per heavy atom. The van der Waals surface area contributed by atoms with E-state index in [-0.39, 0.29) is 13.1 Å². The van der Waals surface area contributed by atoms with E-state index in [2.05, 4.69) is 0 Å². The lowest BCUT2D eigenvalue weighted by atomic mass is 9.77. The minimum Gasteiger partial charge on any atom is -0.423 e. The molecule has 0 aliphatic carbocycles. The highest BCUT2D eigenvalue weighted by Crippen LogP contribution is 2.30. The predicted octanol–water partition coefficient (Wildman–Crippen LogP) is 0.416. The molecule has 1 aromatic carbocycles. The highest BCUT2D eigenvalue weighted by molar-refractivity contribution is 7.89. The fourth-order valence-corrected chi connectivity index (χ4v) is 3.36. The number of nitrogens with zero attached hydrogens (tertiary/aromatic N) is 1. The van der Waals surface area contributed by atoms with E-state index in [0.29, 0.717) is 6.07 Å². The molecule has 0 aliphatic rings. The molecule has 21 heavy (non-hydrogen) atoms. The summed E-state index contributed by atoms with van der Waals surface area (Å²) in [6.07, 6.45) is -4.90. The molecule has 1 rings (SSSR count). The Labute approximate surface area is 121 Å². The van der Waals surface area contributed by atoms with Crippen LogP contribution in [0.5, 0.6) is 0 Å². The second-order valence-electron chi connectivity index (χ2n) is 4.21. The number of rotatable bonds is 5. The zero-order chi connectivity index (χ0) is 16.4. The Kier molecular flexibility index (Phi) is 5.43. The second kappa shape index (κ2) is 6.35. The first-order valence-corrected chi connectivity index (χ1v) is 7.57. The van der Waals surface area contributed by atoms with Crippen LogP contribution in [-0.2, 0) is 16.2 Å². The number of alkyl halides is 3. The number of halogens is 3. The van der Waals surface area contributed by atoms with Gasteiger partial charge in [-0.2, -0.15) is 17.5 Å². The zero-order valence-corrected chi connectivity index (χ0v) is 12.2. The highest BCUT2D eigenvalue weighted by Gasteiger charge is 2.37. The van der Waals surface area contributed by atoms with Crippen LogP contribution >= 0.6 is 0 Å². The molecule has 0 saturated heterocycles. The minimum atomic E-state index is -4.90. The fraction of sp³-hybridized carbons (Fsp3) is 0.455. The third-order valence-corrected chi connectivity index (χ3v) is 5.00. The van der Waals surface area contributed by atoms with Crippen molar-refractivity contribution in [2.75, 3.05) is 13.1 Å². The molecule has 0 unspecified atom stereocenters. The van der Waals surface area contributed by atoms with Crippen molar-refractivity contribution in [2.45, 2.75) is 24.9 Å². The first-order valence-electron chi connectivity index (χ1n) is 6.13. The smallest absolute Gasteiger partial charge is 0.423 e. The Hall–Kier alpha value is -1.10. The monoisotopic (exact) mass is 325 g/mol. The third-order valence-electron chi connectivity index (χ3n) is 2.95. The fourth-order valence-electron chi connectivity index (χ4n) is 1.88. The van der Waals surface area contributed by atoms with Crippen LogP contribution in [0.3, 0.4) is 0 Å². The van der Waals surface area contributed by atoms with Crippen molar-refractivity contribution in [2.24, 2.45) is 0 Å². The van der Waals surface area contributed by atoms with E-state index in [1.54, 1.807) is 13.8 Å². The summed E-state index contributed by atoms with van der Waals surface area (Å²) in [4.78, 5) is -0.539. The Morgan fingerprint density at radius 1 is 1.19 bits per heavy atom. The summed E-state index contributed by atoms with van der Waals surface area (Å²) >= 11 is 0. The van der Waals surface area contributed by atoms with Gasteiger partial charge in [0.2, 0.25) is 10.0 Å². The molecular formula is C11H15BF3NO4S. The number of benzene rings is 1. The van der Waals surface area contributed by atoms with Gasteiger partial charge >= 0.3 is 13.3 Å². The molecule has 0 heterocycles. The quantitative estimate of drug-likeness (QED) is 0.769. The van der Waals surface area contributed by atoms with Crippen molar-refractivity contribution in [3.63, 3.8) is 0 Å². The Balaban J connectivity index is 3.49. The van der Waals surface area contributed by atoms with Gasteiger partial charge in [0.15, 0.2) is 0 Å². The first-order chi connectivity index (χ1) is 9.55. The summed E-state index contributed by atoms with van der Waals surface area (Å²) in [5.41, 5.74) is -2.17. The van der Waals surface area contributed by atoms with E-state index >= 15 is 0 Å². The summed E-state index contributed by atoms with van der Waals surface area (Å²) < 4.78 is 64.1. The molecule has 10 heteroatoms. The molecule has 0 amide bonds. The molecule has 5 nitrogen and oxygen atoms in total. The second-order valence-corrected chi connectivity index (χ2v) is 6.15. The Bertz CT molecular complexity index is 600. The van der Waals surface area contributed by atoms with Gasteiger partial charge in [-0.25, -0.2) is 8.42 Å². The van der Waals surface area contributed by atoms with E-state index < -0.39 is 39.2 Å². The molecule has 0 fully saturated rings. The number of hydrogen-bond acceptors (Lipinski definition) is 4. The maximum atomic E-state index is 12.9. The van der Waals surface area contributed by atoms with Crippen molar-refractivity contribution < 1.29 is 31.6 Å². The molecule has 0 saturated carbocycles. The lowest BCUT2D eigenvalue weighted by molar-refractivity contribution is -0.137. The number of sulfonamides is 1. The van der Waals surface area contributed by atoms with Crippen molar-refractivity contribution in [3.8, 4) is 0 Å². The molecule has 0 atom stereocenters. The summed E-state index contributed by atoms with van der Waals surface area (Å²) in [5, 5.41) is 17.9. The molecule has 2 N–H and O–H groups in total. The van der Waals surface area contributed by atoms with Gasteiger partial charge in [0, 0.05) is 13.1 Å². The van der Waals surface area contributed by atoms with Crippen molar-refractivity contribution in [3.05, 3.63) is 23.8 Å². The molecule has 0 aromatic heterocycles. The molecule has 0 spiro atoms. The summed E-state index contributed by atoms with van der Waals surface area (Å²) in [6.45, 7) is 3.37. The number of hydrogen-bond donors (Lipinski definition) is 2. The lowest BCUT2D eigenvalue weighted by Gasteiger charge is -2.20. The average molecular weight is 325 g/mol. The van der Waals surface area contributed by atoms with E-state index in [1.165, 1.54) is 0 Å². The highest BCUT2D eigenvalue weighted by atomic mass is 32.2. The minimum absolute atomic E-state index is 0.116. The van der Waals surface area contributed by atoms with Crippen LogP contribution in [0.25, 0.3) is 0 Å². The molecule has 0 radical (unpaired) electrons. The van der Waals surface area contributed by atoms with Gasteiger partial charge in [-0.15, -0.1) is 0 Å². The van der Waals surface area contributed by atoms with E-state index in [4.69, 9.17) is 10.0 Å². The summed E-state index contributed by atoms with van der Waals surface area (Å²) in [7, 11) is -6.40. The van der Waals surface area contributed by atoms with E-state index in [0.717, 1.165) is 16.4 Å². The molecule has 0 bridgehead atoms. The standard InChI is InChI=1S/C11H15BF3NO4S/c1-3-16(4-2)21(19,20)8-5-6-10(12(17)18)9(7-8)11(13,14)15/h5-7,17-18H,3-4H2,1-2H3.